The van der Waals surface area contributed by atoms with E-state index in [1.807, 2.05) is 24.3 Å². The SMILES string of the molecule is CCc1ccc(CC(=O)Nc2nnc([C@H]3CCC[C@H](c4nnc(NC(=O)Cc5ccc(CN)cn5)s4)C3)s2)nc1. The Morgan fingerprint density at radius 2 is 1.35 bits per heavy atom. The van der Waals surface area contributed by atoms with Gasteiger partial charge in [0.2, 0.25) is 22.1 Å². The van der Waals surface area contributed by atoms with Crippen LogP contribution in [0.15, 0.2) is 36.7 Å². The molecular formula is C27H31N9O2S2. The summed E-state index contributed by atoms with van der Waals surface area (Å²) >= 11 is 2.83. The molecule has 208 valence electrons. The lowest BCUT2D eigenvalue weighted by molar-refractivity contribution is -0.116. The predicted molar refractivity (Wildman–Crippen MR) is 154 cm³/mol. The van der Waals surface area contributed by atoms with Crippen LogP contribution in [-0.4, -0.2) is 42.2 Å². The van der Waals surface area contributed by atoms with Gasteiger partial charge in [-0.15, -0.1) is 20.4 Å². The summed E-state index contributed by atoms with van der Waals surface area (Å²) in [5.74, 6) is 0.114. The summed E-state index contributed by atoms with van der Waals surface area (Å²) in [6, 6.07) is 7.56. The molecule has 13 heteroatoms. The highest BCUT2D eigenvalue weighted by molar-refractivity contribution is 7.15. The summed E-state index contributed by atoms with van der Waals surface area (Å²) in [7, 11) is 0. The Morgan fingerprint density at radius 1 is 0.825 bits per heavy atom. The molecule has 0 bridgehead atoms. The quantitative estimate of drug-likeness (QED) is 0.253. The summed E-state index contributed by atoms with van der Waals surface area (Å²) in [5.41, 5.74) is 9.05. The minimum absolute atomic E-state index is 0.156. The Bertz CT molecular complexity index is 1330. The second kappa shape index (κ2) is 13.1. The summed E-state index contributed by atoms with van der Waals surface area (Å²) < 4.78 is 0. The summed E-state index contributed by atoms with van der Waals surface area (Å²) in [5, 5.41) is 25.7. The van der Waals surface area contributed by atoms with Gasteiger partial charge in [0.25, 0.3) is 0 Å². The maximum absolute atomic E-state index is 12.5. The van der Waals surface area contributed by atoms with E-state index in [2.05, 4.69) is 47.9 Å². The van der Waals surface area contributed by atoms with Gasteiger partial charge in [-0.3, -0.25) is 19.6 Å². The van der Waals surface area contributed by atoms with E-state index in [0.717, 1.165) is 58.9 Å². The number of carbonyl (C=O) groups is 2. The topological polar surface area (TPSA) is 162 Å². The van der Waals surface area contributed by atoms with Crippen LogP contribution in [-0.2, 0) is 35.4 Å². The van der Waals surface area contributed by atoms with Gasteiger partial charge in [-0.1, -0.05) is 48.2 Å². The van der Waals surface area contributed by atoms with E-state index >= 15 is 0 Å². The molecule has 0 radical (unpaired) electrons. The molecule has 0 aromatic carbocycles. The smallest absolute Gasteiger partial charge is 0.232 e. The molecule has 4 aromatic rings. The minimum Gasteiger partial charge on any atom is -0.326 e. The molecule has 0 spiro atoms. The monoisotopic (exact) mass is 577 g/mol. The third-order valence-corrected chi connectivity index (χ3v) is 8.85. The van der Waals surface area contributed by atoms with Crippen molar-refractivity contribution in [2.45, 2.75) is 70.3 Å². The first-order valence-corrected chi connectivity index (χ1v) is 15.0. The molecule has 0 unspecified atom stereocenters. The van der Waals surface area contributed by atoms with Gasteiger partial charge in [0, 0.05) is 42.2 Å². The largest absolute Gasteiger partial charge is 0.326 e. The van der Waals surface area contributed by atoms with Crippen molar-refractivity contribution < 1.29 is 9.59 Å². The van der Waals surface area contributed by atoms with Gasteiger partial charge in [0.05, 0.1) is 12.8 Å². The maximum atomic E-state index is 12.5. The van der Waals surface area contributed by atoms with Crippen molar-refractivity contribution >= 4 is 44.8 Å². The number of rotatable bonds is 10. The number of aromatic nitrogens is 6. The zero-order chi connectivity index (χ0) is 27.9. The van der Waals surface area contributed by atoms with Crippen LogP contribution in [0.4, 0.5) is 10.3 Å². The lowest BCUT2D eigenvalue weighted by Gasteiger charge is -2.25. The fraction of sp³-hybridized carbons (Fsp3) is 0.407. The second-order valence-corrected chi connectivity index (χ2v) is 11.8. The van der Waals surface area contributed by atoms with Gasteiger partial charge >= 0.3 is 0 Å². The number of anilines is 2. The third kappa shape index (κ3) is 7.29. The van der Waals surface area contributed by atoms with Crippen LogP contribution < -0.4 is 16.4 Å². The highest BCUT2D eigenvalue weighted by Gasteiger charge is 2.29. The van der Waals surface area contributed by atoms with Gasteiger partial charge in [-0.25, -0.2) is 0 Å². The lowest BCUT2D eigenvalue weighted by Crippen LogP contribution is -2.15. The van der Waals surface area contributed by atoms with Crippen molar-refractivity contribution in [1.29, 1.82) is 0 Å². The van der Waals surface area contributed by atoms with Crippen molar-refractivity contribution in [3.8, 4) is 0 Å². The Morgan fingerprint density at radius 3 is 1.80 bits per heavy atom. The van der Waals surface area contributed by atoms with E-state index in [1.165, 1.54) is 22.7 Å². The molecule has 0 aliphatic heterocycles. The van der Waals surface area contributed by atoms with Crippen LogP contribution in [0.5, 0.6) is 0 Å². The number of pyridine rings is 2. The fourth-order valence-corrected chi connectivity index (χ4v) is 6.46. The number of hydrogen-bond donors (Lipinski definition) is 3. The zero-order valence-electron chi connectivity index (χ0n) is 22.2. The van der Waals surface area contributed by atoms with Crippen LogP contribution in [0.3, 0.4) is 0 Å². The molecule has 4 N–H and O–H groups in total. The van der Waals surface area contributed by atoms with E-state index in [0.29, 0.717) is 22.5 Å². The molecule has 4 aromatic heterocycles. The Kier molecular flexibility index (Phi) is 9.14. The summed E-state index contributed by atoms with van der Waals surface area (Å²) in [6.07, 6.45) is 8.66. The average Bonchev–Trinajstić information content (AvgIpc) is 3.64. The van der Waals surface area contributed by atoms with Crippen LogP contribution >= 0.6 is 22.7 Å². The summed E-state index contributed by atoms with van der Waals surface area (Å²) in [6.45, 7) is 2.48. The van der Waals surface area contributed by atoms with Gasteiger partial charge in [0.1, 0.15) is 10.0 Å². The van der Waals surface area contributed by atoms with Crippen LogP contribution in [0, 0.1) is 0 Å². The van der Waals surface area contributed by atoms with Crippen molar-refractivity contribution in [2.24, 2.45) is 5.73 Å². The Labute approximate surface area is 240 Å². The summed E-state index contributed by atoms with van der Waals surface area (Å²) in [4.78, 5) is 33.6. The average molecular weight is 578 g/mol. The van der Waals surface area contributed by atoms with Crippen molar-refractivity contribution in [2.75, 3.05) is 10.6 Å². The molecule has 2 amide bonds. The molecule has 4 heterocycles. The molecule has 11 nitrogen and oxygen atoms in total. The highest BCUT2D eigenvalue weighted by atomic mass is 32.1. The van der Waals surface area contributed by atoms with Gasteiger partial charge in [-0.05, 0) is 48.9 Å². The van der Waals surface area contributed by atoms with Gasteiger partial charge < -0.3 is 16.4 Å². The molecule has 1 fully saturated rings. The van der Waals surface area contributed by atoms with Crippen LogP contribution in [0.25, 0.3) is 0 Å². The molecule has 2 atom stereocenters. The van der Waals surface area contributed by atoms with Gasteiger partial charge in [0.15, 0.2) is 0 Å². The molecule has 1 aliphatic rings. The molecule has 1 saturated carbocycles. The molecule has 40 heavy (non-hydrogen) atoms. The Balaban J connectivity index is 1.13. The van der Waals surface area contributed by atoms with Crippen molar-refractivity contribution in [1.82, 2.24) is 30.4 Å². The minimum atomic E-state index is -0.186. The highest BCUT2D eigenvalue weighted by Crippen LogP contribution is 2.43. The number of nitrogens with zero attached hydrogens (tertiary/aromatic N) is 6. The van der Waals surface area contributed by atoms with Crippen molar-refractivity contribution in [3.05, 3.63) is 69.2 Å². The number of aryl methyl sites for hydroxylation is 1. The van der Waals surface area contributed by atoms with E-state index in [4.69, 9.17) is 5.73 Å². The van der Waals surface area contributed by atoms with Crippen molar-refractivity contribution in [3.63, 3.8) is 0 Å². The molecule has 1 aliphatic carbocycles. The normalized spacial score (nSPS) is 16.9. The van der Waals surface area contributed by atoms with Crippen LogP contribution in [0.1, 0.15) is 77.0 Å². The van der Waals surface area contributed by atoms with Crippen LogP contribution in [0.2, 0.25) is 0 Å². The van der Waals surface area contributed by atoms with Gasteiger partial charge in [-0.2, -0.15) is 0 Å². The zero-order valence-corrected chi connectivity index (χ0v) is 23.8. The molecule has 0 saturated heterocycles. The van der Waals surface area contributed by atoms with E-state index in [-0.39, 0.29) is 36.5 Å². The van der Waals surface area contributed by atoms with E-state index in [9.17, 15) is 9.59 Å². The maximum Gasteiger partial charge on any atom is 0.232 e. The number of nitrogens with two attached hydrogens (primary N) is 1. The number of nitrogens with one attached hydrogen (secondary N) is 2. The second-order valence-electron chi connectivity index (χ2n) is 9.77. The molecule has 5 rings (SSSR count). The predicted octanol–water partition coefficient (Wildman–Crippen LogP) is 4.00. The van der Waals surface area contributed by atoms with E-state index in [1.54, 1.807) is 12.4 Å². The lowest BCUT2D eigenvalue weighted by atomic mass is 9.82. The first kappa shape index (κ1) is 27.9. The standard InChI is InChI=1S/C27H31N9O2S2/c1-2-16-6-8-20(29-14-16)11-22(37)31-26-35-33-24(39-26)18-4-3-5-19(10-18)25-34-36-27(40-25)32-23(38)12-21-9-7-17(13-28)15-30-21/h6-9,14-15,18-19H,2-5,10-13,28H2,1H3,(H,31,35,37)(H,32,36,38)/t18-,19-/m0/s1. The van der Waals surface area contributed by atoms with E-state index < -0.39 is 0 Å². The number of amides is 2. The third-order valence-electron chi connectivity index (χ3n) is 6.85. The Hall–Kier alpha value is -3.68. The first-order chi connectivity index (χ1) is 19.5. The number of carbonyl (C=O) groups excluding carboxylic acids is 2. The first-order valence-electron chi connectivity index (χ1n) is 13.3. The molecular weight excluding hydrogens is 546 g/mol. The number of hydrogen-bond acceptors (Lipinski definition) is 11. The fourth-order valence-electron chi connectivity index (χ4n) is 4.64.